The van der Waals surface area contributed by atoms with E-state index in [9.17, 15) is 18.0 Å². The second kappa shape index (κ2) is 7.58. The molecule has 3 nitrogen and oxygen atoms in total. The first-order chi connectivity index (χ1) is 10.9. The zero-order valence-corrected chi connectivity index (χ0v) is 12.2. The number of rotatable bonds is 5. The SMILES string of the molecule is O=C(CCc1ccccc1)N/N=C\c1cccc(C(F)(F)F)c1. The molecule has 0 fully saturated rings. The normalized spacial score (nSPS) is 11.6. The molecule has 0 aliphatic rings. The van der Waals surface area contributed by atoms with Gasteiger partial charge in [-0.1, -0.05) is 42.5 Å². The van der Waals surface area contributed by atoms with Crippen molar-refractivity contribution in [2.24, 2.45) is 5.10 Å². The van der Waals surface area contributed by atoms with Gasteiger partial charge in [0, 0.05) is 6.42 Å². The molecule has 2 aromatic rings. The van der Waals surface area contributed by atoms with E-state index in [0.29, 0.717) is 6.42 Å². The number of alkyl halides is 3. The molecule has 0 atom stereocenters. The summed E-state index contributed by atoms with van der Waals surface area (Å²) < 4.78 is 37.7. The van der Waals surface area contributed by atoms with Gasteiger partial charge in [0.25, 0.3) is 0 Å². The molecule has 0 aliphatic heterocycles. The summed E-state index contributed by atoms with van der Waals surface area (Å²) >= 11 is 0. The van der Waals surface area contributed by atoms with Crippen LogP contribution in [0.1, 0.15) is 23.1 Å². The average Bonchev–Trinajstić information content (AvgIpc) is 2.53. The Kier molecular flexibility index (Phi) is 5.51. The smallest absolute Gasteiger partial charge is 0.273 e. The quantitative estimate of drug-likeness (QED) is 0.661. The minimum atomic E-state index is -4.40. The summed E-state index contributed by atoms with van der Waals surface area (Å²) in [6, 6.07) is 14.2. The molecule has 0 heterocycles. The average molecular weight is 320 g/mol. The van der Waals surface area contributed by atoms with Gasteiger partial charge in [-0.15, -0.1) is 0 Å². The van der Waals surface area contributed by atoms with Crippen LogP contribution in [0.3, 0.4) is 0 Å². The van der Waals surface area contributed by atoms with E-state index < -0.39 is 11.7 Å². The fourth-order valence-corrected chi connectivity index (χ4v) is 1.93. The van der Waals surface area contributed by atoms with Crippen molar-refractivity contribution >= 4 is 12.1 Å². The third kappa shape index (κ3) is 5.58. The number of aryl methyl sites for hydroxylation is 1. The van der Waals surface area contributed by atoms with Gasteiger partial charge in [-0.05, 0) is 29.7 Å². The summed E-state index contributed by atoms with van der Waals surface area (Å²) in [5, 5.41) is 3.69. The van der Waals surface area contributed by atoms with Crippen LogP contribution >= 0.6 is 0 Å². The predicted octanol–water partition coefficient (Wildman–Crippen LogP) is 3.79. The van der Waals surface area contributed by atoms with E-state index in [2.05, 4.69) is 10.5 Å². The maximum atomic E-state index is 12.6. The molecule has 6 heteroatoms. The Morgan fingerprint density at radius 1 is 1.09 bits per heavy atom. The molecule has 0 bridgehead atoms. The van der Waals surface area contributed by atoms with Crippen LogP contribution in [-0.2, 0) is 17.4 Å². The molecule has 0 unspecified atom stereocenters. The van der Waals surface area contributed by atoms with E-state index in [4.69, 9.17) is 0 Å². The van der Waals surface area contributed by atoms with Crippen molar-refractivity contribution in [1.82, 2.24) is 5.43 Å². The van der Waals surface area contributed by atoms with Crippen molar-refractivity contribution in [3.63, 3.8) is 0 Å². The van der Waals surface area contributed by atoms with E-state index in [1.54, 1.807) is 0 Å². The molecule has 0 saturated carbocycles. The van der Waals surface area contributed by atoms with Crippen LogP contribution < -0.4 is 5.43 Å². The number of nitrogens with zero attached hydrogens (tertiary/aromatic N) is 1. The van der Waals surface area contributed by atoms with Gasteiger partial charge < -0.3 is 0 Å². The highest BCUT2D eigenvalue weighted by Gasteiger charge is 2.30. The zero-order chi connectivity index (χ0) is 16.7. The Morgan fingerprint density at radius 3 is 2.52 bits per heavy atom. The van der Waals surface area contributed by atoms with Gasteiger partial charge >= 0.3 is 6.18 Å². The van der Waals surface area contributed by atoms with Crippen molar-refractivity contribution in [3.8, 4) is 0 Å². The number of carbonyl (C=O) groups is 1. The van der Waals surface area contributed by atoms with E-state index in [1.807, 2.05) is 30.3 Å². The molecule has 1 amide bonds. The second-order valence-electron chi connectivity index (χ2n) is 4.90. The van der Waals surface area contributed by atoms with Gasteiger partial charge in [0.2, 0.25) is 5.91 Å². The van der Waals surface area contributed by atoms with Gasteiger partial charge in [-0.2, -0.15) is 18.3 Å². The van der Waals surface area contributed by atoms with Crippen molar-refractivity contribution in [2.75, 3.05) is 0 Å². The first kappa shape index (κ1) is 16.7. The number of carbonyl (C=O) groups excluding carboxylic acids is 1. The molecular weight excluding hydrogens is 305 g/mol. The number of hydrazone groups is 1. The zero-order valence-electron chi connectivity index (χ0n) is 12.2. The monoisotopic (exact) mass is 320 g/mol. The number of nitrogens with one attached hydrogen (secondary N) is 1. The van der Waals surface area contributed by atoms with Crippen molar-refractivity contribution in [2.45, 2.75) is 19.0 Å². The van der Waals surface area contributed by atoms with Crippen LogP contribution in [-0.4, -0.2) is 12.1 Å². The largest absolute Gasteiger partial charge is 0.416 e. The van der Waals surface area contributed by atoms with Crippen LogP contribution in [0.25, 0.3) is 0 Å². The highest BCUT2D eigenvalue weighted by molar-refractivity contribution is 5.82. The standard InChI is InChI=1S/C17H15F3N2O/c18-17(19,20)15-8-4-7-14(11-15)12-21-22-16(23)10-9-13-5-2-1-3-6-13/h1-8,11-12H,9-10H2,(H,22,23)/b21-12-. The van der Waals surface area contributed by atoms with E-state index in [-0.39, 0.29) is 17.9 Å². The summed E-state index contributed by atoms with van der Waals surface area (Å²) in [5.41, 5.74) is 2.85. The molecule has 2 rings (SSSR count). The van der Waals surface area contributed by atoms with Crippen LogP contribution in [0.5, 0.6) is 0 Å². The molecule has 0 aromatic heterocycles. The van der Waals surface area contributed by atoms with Gasteiger partial charge in [-0.3, -0.25) is 4.79 Å². The van der Waals surface area contributed by atoms with E-state index >= 15 is 0 Å². The molecule has 0 aliphatic carbocycles. The maximum Gasteiger partial charge on any atom is 0.416 e. The molecule has 23 heavy (non-hydrogen) atoms. The van der Waals surface area contributed by atoms with Crippen LogP contribution in [0.4, 0.5) is 13.2 Å². The number of halogens is 3. The molecule has 2 aromatic carbocycles. The van der Waals surface area contributed by atoms with Gasteiger partial charge in [0.1, 0.15) is 0 Å². The highest BCUT2D eigenvalue weighted by atomic mass is 19.4. The van der Waals surface area contributed by atoms with Gasteiger partial charge in [0.05, 0.1) is 11.8 Å². The lowest BCUT2D eigenvalue weighted by molar-refractivity contribution is -0.137. The molecule has 0 saturated heterocycles. The van der Waals surface area contributed by atoms with Gasteiger partial charge in [0.15, 0.2) is 0 Å². The van der Waals surface area contributed by atoms with Crippen LogP contribution in [0.15, 0.2) is 59.7 Å². The summed E-state index contributed by atoms with van der Waals surface area (Å²) in [5.74, 6) is -0.294. The lowest BCUT2D eigenvalue weighted by Crippen LogP contribution is -2.17. The lowest BCUT2D eigenvalue weighted by atomic mass is 10.1. The Balaban J connectivity index is 1.85. The second-order valence-corrected chi connectivity index (χ2v) is 4.90. The Bertz CT molecular complexity index is 682. The van der Waals surface area contributed by atoms with E-state index in [0.717, 1.165) is 17.7 Å². The van der Waals surface area contributed by atoms with Gasteiger partial charge in [-0.25, -0.2) is 5.43 Å². The number of hydrogen-bond acceptors (Lipinski definition) is 2. The topological polar surface area (TPSA) is 41.5 Å². The van der Waals surface area contributed by atoms with Crippen LogP contribution in [0, 0.1) is 0 Å². The third-order valence-electron chi connectivity index (χ3n) is 3.10. The fraction of sp³-hybridized carbons (Fsp3) is 0.176. The first-order valence-corrected chi connectivity index (χ1v) is 6.98. The number of benzene rings is 2. The maximum absolute atomic E-state index is 12.6. The van der Waals surface area contributed by atoms with Crippen molar-refractivity contribution in [1.29, 1.82) is 0 Å². The Morgan fingerprint density at radius 2 is 1.83 bits per heavy atom. The number of hydrogen-bond donors (Lipinski definition) is 1. The highest BCUT2D eigenvalue weighted by Crippen LogP contribution is 2.29. The van der Waals surface area contributed by atoms with Crippen molar-refractivity contribution < 1.29 is 18.0 Å². The number of amides is 1. The summed E-state index contributed by atoms with van der Waals surface area (Å²) in [7, 11) is 0. The molecule has 1 N–H and O–H groups in total. The Hall–Kier alpha value is -2.63. The van der Waals surface area contributed by atoms with Crippen LogP contribution in [0.2, 0.25) is 0 Å². The van der Waals surface area contributed by atoms with Crippen molar-refractivity contribution in [3.05, 3.63) is 71.3 Å². The third-order valence-corrected chi connectivity index (χ3v) is 3.10. The summed E-state index contributed by atoms with van der Waals surface area (Å²) in [6.45, 7) is 0. The fourth-order valence-electron chi connectivity index (χ4n) is 1.93. The molecular formula is C17H15F3N2O. The molecule has 120 valence electrons. The first-order valence-electron chi connectivity index (χ1n) is 6.98. The summed E-state index contributed by atoms with van der Waals surface area (Å²) in [6.07, 6.45) is -2.38. The summed E-state index contributed by atoms with van der Waals surface area (Å²) in [4.78, 5) is 11.6. The minimum Gasteiger partial charge on any atom is -0.273 e. The lowest BCUT2D eigenvalue weighted by Gasteiger charge is -2.06. The molecule has 0 radical (unpaired) electrons. The predicted molar refractivity (Wildman–Crippen MR) is 81.9 cm³/mol. The Labute approximate surface area is 131 Å². The minimum absolute atomic E-state index is 0.254. The molecule has 0 spiro atoms. The van der Waals surface area contributed by atoms with E-state index in [1.165, 1.54) is 18.3 Å².